The number of rotatable bonds is 0. The number of hydrazine groups is 1. The molecule has 60 valence electrons. The van der Waals surface area contributed by atoms with E-state index >= 15 is 0 Å². The SMILES string of the molecule is CC(C)(C)N1CCCCN1. The van der Waals surface area contributed by atoms with Gasteiger partial charge in [0.15, 0.2) is 0 Å². The van der Waals surface area contributed by atoms with Crippen LogP contribution in [-0.2, 0) is 0 Å². The van der Waals surface area contributed by atoms with Crippen molar-refractivity contribution in [1.29, 1.82) is 0 Å². The van der Waals surface area contributed by atoms with Crippen LogP contribution in [-0.4, -0.2) is 23.6 Å². The summed E-state index contributed by atoms with van der Waals surface area (Å²) in [4.78, 5) is 0. The van der Waals surface area contributed by atoms with Crippen molar-refractivity contribution in [3.63, 3.8) is 0 Å². The first-order chi connectivity index (χ1) is 4.61. The molecule has 0 atom stereocenters. The van der Waals surface area contributed by atoms with Gasteiger partial charge >= 0.3 is 0 Å². The van der Waals surface area contributed by atoms with Gasteiger partial charge in [-0.1, -0.05) is 0 Å². The Balaban J connectivity index is 2.39. The smallest absolute Gasteiger partial charge is 0.0269 e. The first-order valence-corrected chi connectivity index (χ1v) is 4.12. The lowest BCUT2D eigenvalue weighted by Crippen LogP contribution is -2.53. The number of hydrogen-bond acceptors (Lipinski definition) is 2. The second-order valence-corrected chi connectivity index (χ2v) is 3.94. The van der Waals surface area contributed by atoms with Crippen LogP contribution in [0.3, 0.4) is 0 Å². The Bertz CT molecular complexity index is 98.3. The highest BCUT2D eigenvalue weighted by molar-refractivity contribution is 4.75. The molecule has 0 aromatic heterocycles. The van der Waals surface area contributed by atoms with Gasteiger partial charge in [0, 0.05) is 18.6 Å². The second kappa shape index (κ2) is 2.89. The Hall–Kier alpha value is -0.0800. The van der Waals surface area contributed by atoms with Crippen molar-refractivity contribution < 1.29 is 0 Å². The van der Waals surface area contributed by atoms with Crippen molar-refractivity contribution >= 4 is 0 Å². The minimum atomic E-state index is 0.292. The number of hydrogen-bond donors (Lipinski definition) is 1. The molecule has 0 unspecified atom stereocenters. The lowest BCUT2D eigenvalue weighted by Gasteiger charge is -2.38. The first kappa shape index (κ1) is 8.02. The summed E-state index contributed by atoms with van der Waals surface area (Å²) in [6.45, 7) is 9.07. The molecule has 1 fully saturated rings. The van der Waals surface area contributed by atoms with Gasteiger partial charge in [-0.2, -0.15) is 0 Å². The summed E-state index contributed by atoms with van der Waals surface area (Å²) in [5, 5.41) is 2.33. The van der Waals surface area contributed by atoms with E-state index in [9.17, 15) is 0 Å². The van der Waals surface area contributed by atoms with E-state index in [2.05, 4.69) is 31.2 Å². The van der Waals surface area contributed by atoms with E-state index in [0.29, 0.717) is 5.54 Å². The Morgan fingerprint density at radius 2 is 1.90 bits per heavy atom. The summed E-state index contributed by atoms with van der Waals surface area (Å²) < 4.78 is 0. The van der Waals surface area contributed by atoms with Crippen LogP contribution in [0.15, 0.2) is 0 Å². The van der Waals surface area contributed by atoms with Crippen LogP contribution in [0.25, 0.3) is 0 Å². The molecule has 0 saturated carbocycles. The molecule has 0 bridgehead atoms. The van der Waals surface area contributed by atoms with E-state index in [0.717, 1.165) is 6.54 Å². The van der Waals surface area contributed by atoms with Crippen molar-refractivity contribution in [1.82, 2.24) is 10.4 Å². The Morgan fingerprint density at radius 3 is 2.20 bits per heavy atom. The van der Waals surface area contributed by atoms with Gasteiger partial charge in [0.1, 0.15) is 0 Å². The molecular weight excluding hydrogens is 124 g/mol. The van der Waals surface area contributed by atoms with E-state index < -0.39 is 0 Å². The van der Waals surface area contributed by atoms with Crippen molar-refractivity contribution in [3.05, 3.63) is 0 Å². The predicted octanol–water partition coefficient (Wildman–Crippen LogP) is 1.39. The monoisotopic (exact) mass is 142 g/mol. The van der Waals surface area contributed by atoms with Crippen LogP contribution in [0.1, 0.15) is 33.6 Å². The third kappa shape index (κ3) is 1.96. The van der Waals surface area contributed by atoms with Crippen LogP contribution in [0.2, 0.25) is 0 Å². The summed E-state index contributed by atoms with van der Waals surface area (Å²) in [5.74, 6) is 0. The largest absolute Gasteiger partial charge is 0.255 e. The van der Waals surface area contributed by atoms with Gasteiger partial charge in [0.2, 0.25) is 0 Å². The average molecular weight is 142 g/mol. The fraction of sp³-hybridized carbons (Fsp3) is 1.00. The Labute approximate surface area is 63.6 Å². The summed E-state index contributed by atoms with van der Waals surface area (Å²) in [6.07, 6.45) is 2.66. The molecular formula is C8H18N2. The predicted molar refractivity (Wildman–Crippen MR) is 43.7 cm³/mol. The highest BCUT2D eigenvalue weighted by Gasteiger charge is 2.21. The molecule has 0 aliphatic carbocycles. The summed E-state index contributed by atoms with van der Waals surface area (Å²) in [5.41, 5.74) is 3.68. The molecule has 1 aliphatic rings. The van der Waals surface area contributed by atoms with Gasteiger partial charge in [0.05, 0.1) is 0 Å². The van der Waals surface area contributed by atoms with Crippen molar-refractivity contribution in [2.24, 2.45) is 0 Å². The van der Waals surface area contributed by atoms with Gasteiger partial charge in [-0.05, 0) is 33.6 Å². The molecule has 0 aromatic rings. The molecule has 0 spiro atoms. The standard InChI is InChI=1S/C8H18N2/c1-8(2,3)10-7-5-4-6-9-10/h9H,4-7H2,1-3H3. The molecule has 1 saturated heterocycles. The quantitative estimate of drug-likeness (QED) is 0.550. The first-order valence-electron chi connectivity index (χ1n) is 4.12. The summed E-state index contributed by atoms with van der Waals surface area (Å²) in [7, 11) is 0. The van der Waals surface area contributed by atoms with Gasteiger partial charge in [0.25, 0.3) is 0 Å². The van der Waals surface area contributed by atoms with Crippen LogP contribution in [0.4, 0.5) is 0 Å². The van der Waals surface area contributed by atoms with Gasteiger partial charge in [-0.3, -0.25) is 5.43 Å². The Morgan fingerprint density at radius 1 is 1.20 bits per heavy atom. The molecule has 1 rings (SSSR count). The highest BCUT2D eigenvalue weighted by Crippen LogP contribution is 2.13. The Kier molecular flexibility index (Phi) is 2.32. The molecule has 1 aliphatic heterocycles. The molecule has 0 amide bonds. The highest BCUT2D eigenvalue weighted by atomic mass is 15.5. The minimum absolute atomic E-state index is 0.292. The van der Waals surface area contributed by atoms with Crippen LogP contribution in [0, 0.1) is 0 Å². The van der Waals surface area contributed by atoms with Crippen LogP contribution in [0.5, 0.6) is 0 Å². The third-order valence-corrected chi connectivity index (χ3v) is 1.92. The molecule has 0 aromatic carbocycles. The normalized spacial score (nSPS) is 23.1. The van der Waals surface area contributed by atoms with E-state index in [1.165, 1.54) is 19.4 Å². The van der Waals surface area contributed by atoms with Crippen LogP contribution < -0.4 is 5.43 Å². The molecule has 0 radical (unpaired) electrons. The van der Waals surface area contributed by atoms with Gasteiger partial charge < -0.3 is 0 Å². The molecule has 10 heavy (non-hydrogen) atoms. The van der Waals surface area contributed by atoms with Crippen LogP contribution >= 0.6 is 0 Å². The van der Waals surface area contributed by atoms with E-state index in [1.54, 1.807) is 0 Å². The minimum Gasteiger partial charge on any atom is -0.255 e. The summed E-state index contributed by atoms with van der Waals surface area (Å²) >= 11 is 0. The van der Waals surface area contributed by atoms with Gasteiger partial charge in [-0.15, -0.1) is 0 Å². The lowest BCUT2D eigenvalue weighted by atomic mass is 10.1. The maximum Gasteiger partial charge on any atom is 0.0269 e. The average Bonchev–Trinajstić information content (AvgIpc) is 1.88. The maximum atomic E-state index is 3.39. The fourth-order valence-corrected chi connectivity index (χ4v) is 1.26. The number of nitrogens with zero attached hydrogens (tertiary/aromatic N) is 1. The van der Waals surface area contributed by atoms with E-state index in [4.69, 9.17) is 0 Å². The zero-order valence-electron chi connectivity index (χ0n) is 7.28. The van der Waals surface area contributed by atoms with E-state index in [-0.39, 0.29) is 0 Å². The summed E-state index contributed by atoms with van der Waals surface area (Å²) in [6, 6.07) is 0. The third-order valence-electron chi connectivity index (χ3n) is 1.92. The van der Waals surface area contributed by atoms with Crippen molar-refractivity contribution in [3.8, 4) is 0 Å². The second-order valence-electron chi connectivity index (χ2n) is 3.94. The number of nitrogens with one attached hydrogen (secondary N) is 1. The van der Waals surface area contributed by atoms with Crippen molar-refractivity contribution in [2.45, 2.75) is 39.2 Å². The zero-order chi connectivity index (χ0) is 7.61. The molecule has 1 heterocycles. The fourth-order valence-electron chi connectivity index (χ4n) is 1.26. The molecule has 2 nitrogen and oxygen atoms in total. The lowest BCUT2D eigenvalue weighted by molar-refractivity contribution is 0.0505. The molecule has 1 N–H and O–H groups in total. The van der Waals surface area contributed by atoms with E-state index in [1.807, 2.05) is 0 Å². The van der Waals surface area contributed by atoms with Crippen molar-refractivity contribution in [2.75, 3.05) is 13.1 Å². The topological polar surface area (TPSA) is 15.3 Å². The zero-order valence-corrected chi connectivity index (χ0v) is 7.28. The maximum absolute atomic E-state index is 3.39. The van der Waals surface area contributed by atoms with Gasteiger partial charge in [-0.25, -0.2) is 5.01 Å². The molecule has 2 heteroatoms.